The molecule has 0 aliphatic heterocycles. The van der Waals surface area contributed by atoms with Crippen molar-refractivity contribution in [2.24, 2.45) is 5.10 Å². The van der Waals surface area contributed by atoms with E-state index in [1.165, 1.54) is 0 Å². The van der Waals surface area contributed by atoms with Gasteiger partial charge in [0, 0.05) is 21.8 Å². The number of rotatable bonds is 8. The molecule has 0 saturated carbocycles. The molecule has 0 saturated heterocycles. The average Bonchev–Trinajstić information content (AvgIpc) is 3.34. The van der Waals surface area contributed by atoms with Crippen LogP contribution in [0.1, 0.15) is 22.8 Å². The molecule has 5 nitrogen and oxygen atoms in total. The highest BCUT2D eigenvalue weighted by Crippen LogP contribution is 2.35. The first-order valence-electron chi connectivity index (χ1n) is 12.3. The van der Waals surface area contributed by atoms with Gasteiger partial charge in [0.2, 0.25) is 0 Å². The van der Waals surface area contributed by atoms with Gasteiger partial charge in [0.25, 0.3) is 5.91 Å². The third-order valence-electron chi connectivity index (χ3n) is 6.01. The number of ether oxygens (including phenoxy) is 1. The number of hydrogen-bond donors (Lipinski definition) is 1. The SMILES string of the molecule is CCOc1ccc(-n2c(-c3ccccc3)cc(/C=N\NC(=O)c3cccc(Cl)c3)c2-c2ccccc2)cc1. The number of nitrogens with one attached hydrogen (secondary N) is 1. The Bertz CT molecular complexity index is 1560. The zero-order chi connectivity index (χ0) is 26.3. The lowest BCUT2D eigenvalue weighted by atomic mass is 10.1. The number of halogens is 1. The van der Waals surface area contributed by atoms with Crippen molar-refractivity contribution in [1.29, 1.82) is 0 Å². The second-order valence-corrected chi connectivity index (χ2v) is 8.97. The van der Waals surface area contributed by atoms with E-state index in [4.69, 9.17) is 16.3 Å². The molecule has 0 aliphatic carbocycles. The van der Waals surface area contributed by atoms with E-state index in [-0.39, 0.29) is 5.91 Å². The van der Waals surface area contributed by atoms with Crippen LogP contribution in [0.5, 0.6) is 5.75 Å². The van der Waals surface area contributed by atoms with Gasteiger partial charge < -0.3 is 9.30 Å². The van der Waals surface area contributed by atoms with Crippen molar-refractivity contribution in [2.45, 2.75) is 6.92 Å². The highest BCUT2D eigenvalue weighted by Gasteiger charge is 2.19. The third-order valence-corrected chi connectivity index (χ3v) is 6.24. The molecule has 1 amide bonds. The van der Waals surface area contributed by atoms with Crippen molar-refractivity contribution >= 4 is 23.7 Å². The highest BCUT2D eigenvalue weighted by molar-refractivity contribution is 6.31. The number of hydrazone groups is 1. The van der Waals surface area contributed by atoms with E-state index in [0.29, 0.717) is 17.2 Å². The first-order valence-corrected chi connectivity index (χ1v) is 12.7. The van der Waals surface area contributed by atoms with Gasteiger partial charge in [0.1, 0.15) is 5.75 Å². The van der Waals surface area contributed by atoms with Crippen molar-refractivity contribution in [3.8, 4) is 34.0 Å². The minimum atomic E-state index is -0.334. The summed E-state index contributed by atoms with van der Waals surface area (Å²) in [6.07, 6.45) is 1.68. The lowest BCUT2D eigenvalue weighted by molar-refractivity contribution is 0.0955. The fraction of sp³-hybridized carbons (Fsp3) is 0.0625. The monoisotopic (exact) mass is 519 g/mol. The Morgan fingerprint density at radius 1 is 0.868 bits per heavy atom. The predicted octanol–water partition coefficient (Wildman–Crippen LogP) is 7.63. The minimum absolute atomic E-state index is 0.334. The van der Waals surface area contributed by atoms with Crippen LogP contribution in [0.2, 0.25) is 5.02 Å². The summed E-state index contributed by atoms with van der Waals surface area (Å²) >= 11 is 6.04. The normalized spacial score (nSPS) is 11.0. The molecule has 0 spiro atoms. The molecule has 0 bridgehead atoms. The molecular weight excluding hydrogens is 494 g/mol. The van der Waals surface area contributed by atoms with Gasteiger partial charge in [-0.2, -0.15) is 5.10 Å². The van der Waals surface area contributed by atoms with E-state index >= 15 is 0 Å². The topological polar surface area (TPSA) is 55.6 Å². The Balaban J connectivity index is 1.62. The van der Waals surface area contributed by atoms with Gasteiger partial charge in [0.15, 0.2) is 0 Å². The van der Waals surface area contributed by atoms with Crippen LogP contribution in [0.3, 0.4) is 0 Å². The van der Waals surface area contributed by atoms with Gasteiger partial charge in [-0.1, -0.05) is 78.3 Å². The summed E-state index contributed by atoms with van der Waals surface area (Å²) in [5.74, 6) is 0.482. The molecule has 188 valence electrons. The van der Waals surface area contributed by atoms with Gasteiger partial charge in [-0.25, -0.2) is 5.43 Å². The van der Waals surface area contributed by atoms with Crippen LogP contribution >= 0.6 is 11.6 Å². The van der Waals surface area contributed by atoms with Crippen LogP contribution < -0.4 is 10.2 Å². The summed E-state index contributed by atoms with van der Waals surface area (Å²) < 4.78 is 7.88. The number of nitrogens with zero attached hydrogens (tertiary/aromatic N) is 2. The third kappa shape index (κ3) is 5.53. The molecule has 0 fully saturated rings. The molecule has 0 unspecified atom stereocenters. The van der Waals surface area contributed by atoms with Crippen LogP contribution in [0.25, 0.3) is 28.2 Å². The summed E-state index contributed by atoms with van der Waals surface area (Å²) in [7, 11) is 0. The Labute approximate surface area is 227 Å². The number of hydrogen-bond acceptors (Lipinski definition) is 3. The Kier molecular flexibility index (Phi) is 7.67. The van der Waals surface area contributed by atoms with E-state index in [0.717, 1.165) is 39.5 Å². The minimum Gasteiger partial charge on any atom is -0.494 e. The first kappa shape index (κ1) is 25.1. The average molecular weight is 520 g/mol. The molecule has 5 aromatic rings. The Morgan fingerprint density at radius 2 is 1.55 bits per heavy atom. The summed E-state index contributed by atoms with van der Waals surface area (Å²) in [6, 6.07) is 37.2. The largest absolute Gasteiger partial charge is 0.494 e. The van der Waals surface area contributed by atoms with Crippen LogP contribution in [0, 0.1) is 0 Å². The molecule has 0 aliphatic rings. The predicted molar refractivity (Wildman–Crippen MR) is 154 cm³/mol. The zero-order valence-corrected chi connectivity index (χ0v) is 21.6. The fourth-order valence-corrected chi connectivity index (χ4v) is 4.51. The van der Waals surface area contributed by atoms with Crippen LogP contribution in [-0.2, 0) is 0 Å². The van der Waals surface area contributed by atoms with Gasteiger partial charge in [0.05, 0.1) is 24.2 Å². The van der Waals surface area contributed by atoms with E-state index < -0.39 is 0 Å². The van der Waals surface area contributed by atoms with Crippen LogP contribution in [0.15, 0.2) is 120 Å². The fourth-order valence-electron chi connectivity index (χ4n) is 4.32. The maximum atomic E-state index is 12.6. The van der Waals surface area contributed by atoms with Crippen molar-refractivity contribution in [1.82, 2.24) is 9.99 Å². The Hall–Kier alpha value is -4.61. The van der Waals surface area contributed by atoms with Gasteiger partial charge in [-0.05, 0) is 66.6 Å². The van der Waals surface area contributed by atoms with Crippen LogP contribution in [-0.4, -0.2) is 23.3 Å². The molecule has 1 N–H and O–H groups in total. The van der Waals surface area contributed by atoms with Gasteiger partial charge in [-0.3, -0.25) is 4.79 Å². The lowest BCUT2D eigenvalue weighted by Crippen LogP contribution is -2.17. The molecule has 1 heterocycles. The quantitative estimate of drug-likeness (QED) is 0.169. The molecule has 0 radical (unpaired) electrons. The second-order valence-electron chi connectivity index (χ2n) is 8.54. The molecule has 6 heteroatoms. The zero-order valence-electron chi connectivity index (χ0n) is 20.8. The molecule has 0 atom stereocenters. The summed E-state index contributed by atoms with van der Waals surface area (Å²) in [5.41, 5.74) is 8.93. The standard InChI is InChI=1S/C32H26ClN3O2/c1-2-38-29-18-16-28(17-19-29)36-30(23-10-5-3-6-11-23)21-26(31(36)24-12-7-4-8-13-24)22-34-35-32(37)25-14-9-15-27(33)20-25/h3-22H,2H2,1H3,(H,35,37)/b34-22-. The molecule has 4 aromatic carbocycles. The smallest absolute Gasteiger partial charge is 0.271 e. The Morgan fingerprint density at radius 3 is 2.21 bits per heavy atom. The molecule has 5 rings (SSSR count). The maximum absolute atomic E-state index is 12.6. The molecular formula is C32H26ClN3O2. The van der Waals surface area contributed by atoms with Crippen molar-refractivity contribution in [3.63, 3.8) is 0 Å². The number of benzene rings is 4. The number of aromatic nitrogens is 1. The molecule has 38 heavy (non-hydrogen) atoms. The first-order chi connectivity index (χ1) is 18.6. The maximum Gasteiger partial charge on any atom is 0.271 e. The van der Waals surface area contributed by atoms with Gasteiger partial charge in [-0.15, -0.1) is 0 Å². The van der Waals surface area contributed by atoms with Gasteiger partial charge >= 0.3 is 0 Å². The van der Waals surface area contributed by atoms with Crippen molar-refractivity contribution in [3.05, 3.63) is 131 Å². The van der Waals surface area contributed by atoms with E-state index in [9.17, 15) is 4.79 Å². The number of amides is 1. The van der Waals surface area contributed by atoms with Crippen molar-refractivity contribution < 1.29 is 9.53 Å². The summed E-state index contributed by atoms with van der Waals surface area (Å²) in [4.78, 5) is 12.6. The highest BCUT2D eigenvalue weighted by atomic mass is 35.5. The van der Waals surface area contributed by atoms with E-state index in [2.05, 4.69) is 45.4 Å². The number of carbonyl (C=O) groups excluding carboxylic acids is 1. The number of carbonyl (C=O) groups is 1. The van der Waals surface area contributed by atoms with E-state index in [1.807, 2.05) is 67.6 Å². The van der Waals surface area contributed by atoms with Crippen molar-refractivity contribution in [2.75, 3.05) is 6.61 Å². The van der Waals surface area contributed by atoms with E-state index in [1.54, 1.807) is 30.5 Å². The summed E-state index contributed by atoms with van der Waals surface area (Å²) in [5, 5.41) is 4.81. The van der Waals surface area contributed by atoms with Crippen LogP contribution in [0.4, 0.5) is 0 Å². The lowest BCUT2D eigenvalue weighted by Gasteiger charge is -2.15. The summed E-state index contributed by atoms with van der Waals surface area (Å²) in [6.45, 7) is 2.58. The second kappa shape index (κ2) is 11.6. The molecule has 1 aromatic heterocycles.